The molecule has 0 unspecified atom stereocenters. The van der Waals surface area contributed by atoms with E-state index in [9.17, 15) is 4.79 Å². The quantitative estimate of drug-likeness (QED) is 0.639. The SMILES string of the molecule is N=C1NCC2(CCN(C(=O)c3cccc4[nH]ccc34)CC2)N1. The number of guanidine groups is 1. The maximum Gasteiger partial charge on any atom is 0.254 e. The van der Waals surface area contributed by atoms with Crippen LogP contribution < -0.4 is 10.6 Å². The first kappa shape index (κ1) is 13.2. The van der Waals surface area contributed by atoms with Crippen LogP contribution in [0.15, 0.2) is 30.5 Å². The van der Waals surface area contributed by atoms with Crippen molar-refractivity contribution in [1.29, 1.82) is 5.41 Å². The molecule has 0 radical (unpaired) electrons. The van der Waals surface area contributed by atoms with Crippen LogP contribution in [0.3, 0.4) is 0 Å². The maximum absolute atomic E-state index is 12.8. The molecule has 2 aliphatic rings. The van der Waals surface area contributed by atoms with Crippen LogP contribution in [0.4, 0.5) is 0 Å². The van der Waals surface area contributed by atoms with Crippen molar-refractivity contribution in [3.05, 3.63) is 36.0 Å². The molecule has 0 saturated carbocycles. The Morgan fingerprint density at radius 3 is 2.77 bits per heavy atom. The molecule has 1 aromatic heterocycles. The van der Waals surface area contributed by atoms with Crippen LogP contribution in [0.5, 0.6) is 0 Å². The average Bonchev–Trinajstić information content (AvgIpc) is 3.14. The maximum atomic E-state index is 12.8. The summed E-state index contributed by atoms with van der Waals surface area (Å²) < 4.78 is 0. The number of benzene rings is 1. The lowest BCUT2D eigenvalue weighted by Crippen LogP contribution is -2.53. The number of hydrogen-bond acceptors (Lipinski definition) is 2. The topological polar surface area (TPSA) is 84.0 Å². The molecule has 2 aliphatic heterocycles. The normalized spacial score (nSPS) is 20.2. The fourth-order valence-electron chi connectivity index (χ4n) is 3.49. The molecule has 2 saturated heterocycles. The Morgan fingerprint density at radius 1 is 1.23 bits per heavy atom. The highest BCUT2D eigenvalue weighted by atomic mass is 16.2. The van der Waals surface area contributed by atoms with E-state index in [-0.39, 0.29) is 11.4 Å². The van der Waals surface area contributed by atoms with Gasteiger partial charge in [-0.1, -0.05) is 6.07 Å². The van der Waals surface area contributed by atoms with E-state index in [2.05, 4.69) is 15.6 Å². The third kappa shape index (κ3) is 2.03. The third-order valence-electron chi connectivity index (χ3n) is 4.83. The zero-order valence-electron chi connectivity index (χ0n) is 12.3. The minimum absolute atomic E-state index is 0.0477. The summed E-state index contributed by atoms with van der Waals surface area (Å²) in [5, 5.41) is 14.9. The van der Waals surface area contributed by atoms with Crippen molar-refractivity contribution in [3.8, 4) is 0 Å². The van der Waals surface area contributed by atoms with Crippen LogP contribution in [0.25, 0.3) is 10.9 Å². The summed E-state index contributed by atoms with van der Waals surface area (Å²) >= 11 is 0. The molecule has 6 nitrogen and oxygen atoms in total. The fraction of sp³-hybridized carbons (Fsp3) is 0.375. The number of carbonyl (C=O) groups is 1. The first-order valence-electron chi connectivity index (χ1n) is 7.63. The smallest absolute Gasteiger partial charge is 0.254 e. The van der Waals surface area contributed by atoms with E-state index in [1.807, 2.05) is 35.4 Å². The second-order valence-corrected chi connectivity index (χ2v) is 6.17. The van der Waals surface area contributed by atoms with Crippen molar-refractivity contribution in [1.82, 2.24) is 20.5 Å². The van der Waals surface area contributed by atoms with Gasteiger partial charge in [0.2, 0.25) is 0 Å². The van der Waals surface area contributed by atoms with Crippen LogP contribution in [0.2, 0.25) is 0 Å². The monoisotopic (exact) mass is 297 g/mol. The highest BCUT2D eigenvalue weighted by Crippen LogP contribution is 2.26. The van der Waals surface area contributed by atoms with Crippen LogP contribution >= 0.6 is 0 Å². The van der Waals surface area contributed by atoms with Crippen LogP contribution in [0.1, 0.15) is 23.2 Å². The summed E-state index contributed by atoms with van der Waals surface area (Å²) in [7, 11) is 0. The van der Waals surface area contributed by atoms with Crippen molar-refractivity contribution in [2.24, 2.45) is 0 Å². The van der Waals surface area contributed by atoms with Crippen molar-refractivity contribution in [2.45, 2.75) is 18.4 Å². The van der Waals surface area contributed by atoms with Gasteiger partial charge in [-0.05, 0) is 31.0 Å². The molecule has 2 aromatic rings. The summed E-state index contributed by atoms with van der Waals surface area (Å²) in [4.78, 5) is 17.9. The molecular weight excluding hydrogens is 278 g/mol. The lowest BCUT2D eigenvalue weighted by molar-refractivity contribution is 0.0671. The number of nitrogens with zero attached hydrogens (tertiary/aromatic N) is 1. The van der Waals surface area contributed by atoms with Gasteiger partial charge in [-0.25, -0.2) is 0 Å². The molecule has 4 N–H and O–H groups in total. The predicted octanol–water partition coefficient (Wildman–Crippen LogP) is 1.27. The van der Waals surface area contributed by atoms with Gasteiger partial charge >= 0.3 is 0 Å². The van der Waals surface area contributed by atoms with Gasteiger partial charge in [-0.15, -0.1) is 0 Å². The largest absolute Gasteiger partial charge is 0.361 e. The Bertz CT molecular complexity index is 742. The molecule has 1 spiro atoms. The van der Waals surface area contributed by atoms with E-state index < -0.39 is 0 Å². The minimum Gasteiger partial charge on any atom is -0.361 e. The summed E-state index contributed by atoms with van der Waals surface area (Å²) in [5.41, 5.74) is 1.71. The van der Waals surface area contributed by atoms with E-state index in [1.54, 1.807) is 0 Å². The Labute approximate surface area is 128 Å². The third-order valence-corrected chi connectivity index (χ3v) is 4.83. The van der Waals surface area contributed by atoms with Crippen LogP contribution in [0, 0.1) is 5.41 Å². The van der Waals surface area contributed by atoms with E-state index in [0.717, 1.165) is 48.9 Å². The zero-order chi connectivity index (χ0) is 15.2. The number of hydrogen-bond donors (Lipinski definition) is 4. The zero-order valence-corrected chi connectivity index (χ0v) is 12.3. The number of H-pyrrole nitrogens is 1. The number of rotatable bonds is 1. The number of fused-ring (bicyclic) bond motifs is 1. The lowest BCUT2D eigenvalue weighted by Gasteiger charge is -2.38. The molecule has 1 aromatic carbocycles. The van der Waals surface area contributed by atoms with Gasteiger partial charge < -0.3 is 20.5 Å². The molecule has 0 bridgehead atoms. The van der Waals surface area contributed by atoms with E-state index in [4.69, 9.17) is 5.41 Å². The molecule has 0 aliphatic carbocycles. The Kier molecular flexibility index (Phi) is 2.85. The summed E-state index contributed by atoms with van der Waals surface area (Å²) in [6, 6.07) is 7.75. The number of aromatic amines is 1. The van der Waals surface area contributed by atoms with Crippen molar-refractivity contribution in [2.75, 3.05) is 19.6 Å². The molecule has 0 atom stereocenters. The van der Waals surface area contributed by atoms with Gasteiger partial charge in [-0.3, -0.25) is 10.2 Å². The molecular formula is C16H19N5O. The van der Waals surface area contributed by atoms with Gasteiger partial charge in [-0.2, -0.15) is 0 Å². The molecule has 6 heteroatoms. The van der Waals surface area contributed by atoms with E-state index >= 15 is 0 Å². The number of carbonyl (C=O) groups excluding carboxylic acids is 1. The van der Waals surface area contributed by atoms with Crippen LogP contribution in [-0.2, 0) is 0 Å². The summed E-state index contributed by atoms with van der Waals surface area (Å²) in [6.45, 7) is 2.23. The summed E-state index contributed by atoms with van der Waals surface area (Å²) in [6.07, 6.45) is 3.61. The van der Waals surface area contributed by atoms with Gasteiger partial charge in [0.05, 0.1) is 5.54 Å². The van der Waals surface area contributed by atoms with Gasteiger partial charge in [0, 0.05) is 42.3 Å². The Morgan fingerprint density at radius 2 is 2.05 bits per heavy atom. The van der Waals surface area contributed by atoms with Crippen molar-refractivity contribution in [3.63, 3.8) is 0 Å². The first-order valence-corrected chi connectivity index (χ1v) is 7.63. The highest BCUT2D eigenvalue weighted by Gasteiger charge is 2.40. The number of likely N-dealkylation sites (tertiary alicyclic amines) is 1. The molecule has 1 amide bonds. The number of nitrogens with one attached hydrogen (secondary N) is 4. The van der Waals surface area contributed by atoms with E-state index in [0.29, 0.717) is 5.96 Å². The van der Waals surface area contributed by atoms with E-state index in [1.165, 1.54) is 0 Å². The fourth-order valence-corrected chi connectivity index (χ4v) is 3.49. The van der Waals surface area contributed by atoms with Crippen LogP contribution in [-0.4, -0.2) is 46.9 Å². The highest BCUT2D eigenvalue weighted by molar-refractivity contribution is 6.06. The second kappa shape index (κ2) is 4.76. The second-order valence-electron chi connectivity index (χ2n) is 6.17. The van der Waals surface area contributed by atoms with Gasteiger partial charge in [0.15, 0.2) is 5.96 Å². The molecule has 22 heavy (non-hydrogen) atoms. The lowest BCUT2D eigenvalue weighted by atomic mass is 9.88. The van der Waals surface area contributed by atoms with Gasteiger partial charge in [0.25, 0.3) is 5.91 Å². The first-order chi connectivity index (χ1) is 10.7. The molecule has 114 valence electrons. The van der Waals surface area contributed by atoms with Crippen molar-refractivity contribution < 1.29 is 4.79 Å². The molecule has 2 fully saturated rings. The minimum atomic E-state index is -0.0477. The number of amides is 1. The average molecular weight is 297 g/mol. The molecule has 3 heterocycles. The van der Waals surface area contributed by atoms with Gasteiger partial charge in [0.1, 0.15) is 0 Å². The number of piperidine rings is 1. The van der Waals surface area contributed by atoms with Crippen molar-refractivity contribution >= 4 is 22.8 Å². The number of aromatic nitrogens is 1. The predicted molar refractivity (Wildman–Crippen MR) is 85.0 cm³/mol. The standard InChI is InChI=1S/C16H19N5O/c17-15-19-10-16(20-15)5-8-21(9-6-16)14(22)12-2-1-3-13-11(12)4-7-18-13/h1-4,7,18H,5-6,8-10H2,(H3,17,19,20). The Balaban J connectivity index is 1.53. The summed E-state index contributed by atoms with van der Waals surface area (Å²) in [5.74, 6) is 0.498. The Hall–Kier alpha value is -2.50. The molecule has 4 rings (SSSR count).